The zero-order chi connectivity index (χ0) is 14.0. The summed E-state index contributed by atoms with van der Waals surface area (Å²) in [4.78, 5) is 15.1. The summed E-state index contributed by atoms with van der Waals surface area (Å²) >= 11 is 0. The Bertz CT molecular complexity index is 612. The summed E-state index contributed by atoms with van der Waals surface area (Å²) in [5, 5.41) is 19.8. The Morgan fingerprint density at radius 3 is 2.84 bits per heavy atom. The molecule has 3 N–H and O–H groups in total. The van der Waals surface area contributed by atoms with Gasteiger partial charge in [0.25, 0.3) is 5.92 Å². The van der Waals surface area contributed by atoms with Gasteiger partial charge in [-0.2, -0.15) is 0 Å². The summed E-state index contributed by atoms with van der Waals surface area (Å²) in [6, 6.07) is 4.81. The summed E-state index contributed by atoms with van der Waals surface area (Å²) in [5.41, 5.74) is 0.0963. The number of carbonyl (C=O) groups is 1. The number of aliphatic hydroxyl groups is 1. The molecule has 102 valence electrons. The van der Waals surface area contributed by atoms with Crippen molar-refractivity contribution >= 4 is 17.4 Å². The van der Waals surface area contributed by atoms with Crippen LogP contribution in [0.3, 0.4) is 0 Å². The molecule has 6 nitrogen and oxygen atoms in total. The van der Waals surface area contributed by atoms with E-state index in [-0.39, 0.29) is 11.5 Å². The number of fused-ring (bicyclic) bond motifs is 1. The van der Waals surface area contributed by atoms with Gasteiger partial charge in [-0.3, -0.25) is 4.40 Å². The molecule has 0 saturated heterocycles. The first-order valence-electron chi connectivity index (χ1n) is 5.37. The van der Waals surface area contributed by atoms with E-state index >= 15 is 0 Å². The van der Waals surface area contributed by atoms with E-state index in [4.69, 9.17) is 10.2 Å². The van der Waals surface area contributed by atoms with Crippen LogP contribution in [-0.4, -0.2) is 44.6 Å². The van der Waals surface area contributed by atoms with Crippen LogP contribution in [0.2, 0.25) is 0 Å². The average molecular weight is 271 g/mol. The van der Waals surface area contributed by atoms with Crippen LogP contribution < -0.4 is 5.32 Å². The highest BCUT2D eigenvalue weighted by molar-refractivity contribution is 5.92. The maximum absolute atomic E-state index is 12.9. The van der Waals surface area contributed by atoms with Crippen LogP contribution in [0.25, 0.3) is 5.65 Å². The largest absolute Gasteiger partial charge is 0.476 e. The number of alkyl halides is 2. The van der Waals surface area contributed by atoms with Crippen molar-refractivity contribution in [3.63, 3.8) is 0 Å². The molecule has 2 aromatic rings. The molecule has 19 heavy (non-hydrogen) atoms. The second-order valence-electron chi connectivity index (χ2n) is 3.91. The van der Waals surface area contributed by atoms with Crippen molar-refractivity contribution in [3.05, 3.63) is 30.1 Å². The van der Waals surface area contributed by atoms with Crippen molar-refractivity contribution in [1.29, 1.82) is 0 Å². The molecule has 2 rings (SSSR count). The van der Waals surface area contributed by atoms with Crippen molar-refractivity contribution in [1.82, 2.24) is 9.38 Å². The van der Waals surface area contributed by atoms with Gasteiger partial charge in [0.05, 0.1) is 6.54 Å². The lowest BCUT2D eigenvalue weighted by Gasteiger charge is -2.13. The minimum atomic E-state index is -3.34. The Labute approximate surface area is 106 Å². The molecule has 0 spiro atoms. The van der Waals surface area contributed by atoms with E-state index in [0.717, 1.165) is 0 Å². The van der Waals surface area contributed by atoms with E-state index in [1.54, 1.807) is 18.2 Å². The molecule has 2 aromatic heterocycles. The highest BCUT2D eigenvalue weighted by Gasteiger charge is 2.29. The van der Waals surface area contributed by atoms with Crippen LogP contribution in [-0.2, 0) is 0 Å². The number of aliphatic hydroxyl groups excluding tert-OH is 1. The molecule has 0 aromatic carbocycles. The third kappa shape index (κ3) is 2.63. The molecule has 2 heterocycles. The van der Waals surface area contributed by atoms with E-state index in [1.165, 1.54) is 10.6 Å². The standard InChI is InChI=1S/C11H11F2N3O3/c12-11(13,6-17)5-14-9-8(10(18)19)16-4-2-1-3-7(16)15-9/h1-4,14,17H,5-6H2,(H,18,19). The number of halogens is 2. The quantitative estimate of drug-likeness (QED) is 0.757. The smallest absolute Gasteiger partial charge is 0.356 e. The number of rotatable bonds is 5. The summed E-state index contributed by atoms with van der Waals surface area (Å²) in [6.45, 7) is -2.22. The molecule has 0 saturated carbocycles. The van der Waals surface area contributed by atoms with Crippen LogP contribution in [0.15, 0.2) is 24.4 Å². The Hall–Kier alpha value is -2.22. The lowest BCUT2D eigenvalue weighted by molar-refractivity contribution is -0.0373. The first kappa shape index (κ1) is 13.2. The van der Waals surface area contributed by atoms with Crippen LogP contribution in [0.1, 0.15) is 10.5 Å². The lowest BCUT2D eigenvalue weighted by Crippen LogP contribution is -2.31. The molecule has 0 fully saturated rings. The second kappa shape index (κ2) is 4.81. The Kier molecular flexibility index (Phi) is 3.34. The van der Waals surface area contributed by atoms with Crippen LogP contribution in [0.5, 0.6) is 0 Å². The molecular formula is C11H11F2N3O3. The Morgan fingerprint density at radius 1 is 1.47 bits per heavy atom. The van der Waals surface area contributed by atoms with Crippen molar-refractivity contribution in [2.45, 2.75) is 5.92 Å². The fourth-order valence-electron chi connectivity index (χ4n) is 1.59. The number of aromatic nitrogens is 2. The third-order valence-electron chi connectivity index (χ3n) is 2.48. The number of hydrogen-bond acceptors (Lipinski definition) is 4. The van der Waals surface area contributed by atoms with Gasteiger partial charge in [0.2, 0.25) is 0 Å². The molecule has 0 bridgehead atoms. The third-order valence-corrected chi connectivity index (χ3v) is 2.48. The minimum Gasteiger partial charge on any atom is -0.476 e. The van der Waals surface area contributed by atoms with E-state index in [1.807, 2.05) is 0 Å². The van der Waals surface area contributed by atoms with Crippen molar-refractivity contribution in [2.75, 3.05) is 18.5 Å². The number of anilines is 1. The topological polar surface area (TPSA) is 86.9 Å². The second-order valence-corrected chi connectivity index (χ2v) is 3.91. The van der Waals surface area contributed by atoms with Crippen LogP contribution >= 0.6 is 0 Å². The fourth-order valence-corrected chi connectivity index (χ4v) is 1.59. The Balaban J connectivity index is 2.37. The van der Waals surface area contributed by atoms with Gasteiger partial charge in [-0.25, -0.2) is 18.6 Å². The van der Waals surface area contributed by atoms with Crippen LogP contribution in [0, 0.1) is 0 Å². The number of hydrogen-bond donors (Lipinski definition) is 3. The lowest BCUT2D eigenvalue weighted by atomic mass is 10.3. The summed E-state index contributed by atoms with van der Waals surface area (Å²) in [6.07, 6.45) is 1.47. The summed E-state index contributed by atoms with van der Waals surface area (Å²) in [5.74, 6) is -4.79. The summed E-state index contributed by atoms with van der Waals surface area (Å²) < 4.78 is 27.1. The van der Waals surface area contributed by atoms with Gasteiger partial charge >= 0.3 is 5.97 Å². The molecule has 0 unspecified atom stereocenters. The zero-order valence-electron chi connectivity index (χ0n) is 9.68. The highest BCUT2D eigenvalue weighted by atomic mass is 19.3. The van der Waals surface area contributed by atoms with E-state index in [0.29, 0.717) is 5.65 Å². The van der Waals surface area contributed by atoms with E-state index < -0.39 is 25.0 Å². The minimum absolute atomic E-state index is 0.160. The summed E-state index contributed by atoms with van der Waals surface area (Å²) in [7, 11) is 0. The number of carboxylic acid groups (broad SMARTS) is 1. The molecule has 0 atom stereocenters. The van der Waals surface area contributed by atoms with Gasteiger partial charge in [0.1, 0.15) is 12.3 Å². The molecule has 0 aliphatic rings. The van der Waals surface area contributed by atoms with E-state index in [2.05, 4.69) is 10.3 Å². The molecule has 8 heteroatoms. The van der Waals surface area contributed by atoms with Crippen molar-refractivity contribution in [2.24, 2.45) is 0 Å². The van der Waals surface area contributed by atoms with Gasteiger partial charge in [-0.1, -0.05) is 6.07 Å². The zero-order valence-corrected chi connectivity index (χ0v) is 9.68. The van der Waals surface area contributed by atoms with Gasteiger partial charge in [0, 0.05) is 6.20 Å². The first-order chi connectivity index (χ1) is 8.94. The highest BCUT2D eigenvalue weighted by Crippen LogP contribution is 2.20. The fraction of sp³-hybridized carbons (Fsp3) is 0.273. The molecule has 0 aliphatic carbocycles. The predicted octanol–water partition coefficient (Wildman–Crippen LogP) is 1.07. The SMILES string of the molecule is O=C(O)c1c(NCC(F)(F)CO)nc2ccccn12. The number of imidazole rings is 1. The number of carboxylic acids is 1. The number of aromatic carboxylic acids is 1. The van der Waals surface area contributed by atoms with Gasteiger partial charge < -0.3 is 15.5 Å². The van der Waals surface area contributed by atoms with Gasteiger partial charge in [0.15, 0.2) is 11.5 Å². The van der Waals surface area contributed by atoms with Gasteiger partial charge in [-0.15, -0.1) is 0 Å². The van der Waals surface area contributed by atoms with Crippen LogP contribution in [0.4, 0.5) is 14.6 Å². The Morgan fingerprint density at radius 2 is 2.21 bits per heavy atom. The van der Waals surface area contributed by atoms with E-state index in [9.17, 15) is 13.6 Å². The molecule has 0 aliphatic heterocycles. The molecule has 0 radical (unpaired) electrons. The maximum Gasteiger partial charge on any atom is 0.356 e. The maximum atomic E-state index is 12.9. The molecular weight excluding hydrogens is 260 g/mol. The molecule has 0 amide bonds. The number of nitrogens with one attached hydrogen (secondary N) is 1. The number of nitrogens with zero attached hydrogens (tertiary/aromatic N) is 2. The average Bonchev–Trinajstić information content (AvgIpc) is 2.75. The normalized spacial score (nSPS) is 11.7. The predicted molar refractivity (Wildman–Crippen MR) is 62.7 cm³/mol. The number of pyridine rings is 1. The van der Waals surface area contributed by atoms with Gasteiger partial charge in [-0.05, 0) is 12.1 Å². The van der Waals surface area contributed by atoms with Crippen molar-refractivity contribution in [3.8, 4) is 0 Å². The van der Waals surface area contributed by atoms with Crippen molar-refractivity contribution < 1.29 is 23.8 Å². The first-order valence-corrected chi connectivity index (χ1v) is 5.37. The monoisotopic (exact) mass is 271 g/mol.